The Labute approximate surface area is 85.1 Å². The largest absolute Gasteiger partial charge is 0 e. The van der Waals surface area contributed by atoms with E-state index in [-0.39, 0.29) is 53.5 Å². The SMILES string of the molecule is [OH][Ti]([OH])([OH])[OH].[PbH2].[Zr]. The molecular formula is H6O4PbTiZr. The quantitative estimate of drug-likeness (QED) is 0.315. The van der Waals surface area contributed by atoms with E-state index in [0.29, 0.717) is 0 Å². The maximum Gasteiger partial charge on any atom is 0 e. The summed E-state index contributed by atoms with van der Waals surface area (Å²) in [6.45, 7) is 0. The fraction of sp³-hybridized carbons (Fsp3) is 0. The average Bonchev–Trinajstić information content (AvgIpc) is 0.722. The molecule has 0 aromatic carbocycles. The molecule has 7 heavy (non-hydrogen) atoms. The Bertz CT molecular complexity index is 27.2. The normalized spacial score (nSPS) is 8.57. The topological polar surface area (TPSA) is 80.9 Å². The molecule has 2 radical (unpaired) electrons. The minimum Gasteiger partial charge on any atom is 0 e. The minimum atomic E-state index is -5.00. The fourth-order valence-corrected chi connectivity index (χ4v) is 0. The second kappa shape index (κ2) is 6.48. The Morgan fingerprint density at radius 3 is 0.857 bits per heavy atom. The maximum absolute atomic E-state index is 7.38. The van der Waals surface area contributed by atoms with Gasteiger partial charge >= 0.3 is 60.2 Å². The van der Waals surface area contributed by atoms with Crippen molar-refractivity contribution in [2.75, 3.05) is 0 Å². The molecule has 42 valence electrons. The van der Waals surface area contributed by atoms with Crippen molar-refractivity contribution in [2.24, 2.45) is 0 Å². The van der Waals surface area contributed by atoms with Gasteiger partial charge < -0.3 is 0 Å². The van der Waals surface area contributed by atoms with Crippen molar-refractivity contribution in [3.8, 4) is 0 Å². The fourth-order valence-electron chi connectivity index (χ4n) is 0. The molecule has 0 rings (SSSR count). The molecule has 4 N–H and O–H groups in total. The van der Waals surface area contributed by atoms with Gasteiger partial charge in [-0.1, -0.05) is 0 Å². The third-order valence-corrected chi connectivity index (χ3v) is 0. The zero-order valence-electron chi connectivity index (χ0n) is 3.50. The van der Waals surface area contributed by atoms with Gasteiger partial charge in [0.1, 0.15) is 0 Å². The van der Waals surface area contributed by atoms with E-state index in [1.807, 2.05) is 0 Å². The average molecular weight is 416 g/mol. The molecule has 0 aliphatic heterocycles. The van der Waals surface area contributed by atoms with Gasteiger partial charge in [-0.2, -0.15) is 0 Å². The Hall–Kier alpha value is 2.36. The van der Waals surface area contributed by atoms with Gasteiger partial charge in [0.15, 0.2) is 0 Å². The van der Waals surface area contributed by atoms with E-state index in [4.69, 9.17) is 14.8 Å². The van der Waals surface area contributed by atoms with E-state index < -0.39 is 18.1 Å². The van der Waals surface area contributed by atoms with E-state index >= 15 is 0 Å². The second-order valence-electron chi connectivity index (χ2n) is 0.600. The van der Waals surface area contributed by atoms with E-state index in [2.05, 4.69) is 0 Å². The summed E-state index contributed by atoms with van der Waals surface area (Å²) in [6, 6.07) is 0. The van der Waals surface area contributed by atoms with E-state index in [0.717, 1.165) is 0 Å². The Kier molecular flexibility index (Phi) is 15.0. The molecule has 0 unspecified atom stereocenters. The summed E-state index contributed by atoms with van der Waals surface area (Å²) in [7, 11) is 0. The molecule has 7 heteroatoms. The summed E-state index contributed by atoms with van der Waals surface area (Å²) < 4.78 is 29.5. The Morgan fingerprint density at radius 2 is 0.857 bits per heavy atom. The first kappa shape index (κ1) is 16.2. The Balaban J connectivity index is -0.0000000800. The predicted octanol–water partition coefficient (Wildman–Crippen LogP) is -3.15. The van der Waals surface area contributed by atoms with Crippen LogP contribution in [0.3, 0.4) is 0 Å². The third-order valence-electron chi connectivity index (χ3n) is 0. The monoisotopic (exact) mass is 416 g/mol. The van der Waals surface area contributed by atoms with Gasteiger partial charge in [-0.15, -0.1) is 0 Å². The van der Waals surface area contributed by atoms with Crippen LogP contribution in [0.15, 0.2) is 0 Å². The summed E-state index contributed by atoms with van der Waals surface area (Å²) in [5, 5.41) is 0. The third kappa shape index (κ3) is 60.7. The first-order valence-electron chi connectivity index (χ1n) is 0.894. The van der Waals surface area contributed by atoms with Gasteiger partial charge in [-0.3, -0.25) is 0 Å². The summed E-state index contributed by atoms with van der Waals surface area (Å²) in [5.41, 5.74) is 0. The standard InChI is InChI=1S/4H2O.Pb.Ti.Zr.2H/h4*1H2;;;;;/q;;;;;+4;;;/p-4. The molecule has 0 atom stereocenters. The van der Waals surface area contributed by atoms with E-state index in [9.17, 15) is 0 Å². The molecule has 0 amide bonds. The maximum atomic E-state index is 7.38. The van der Waals surface area contributed by atoms with Crippen LogP contribution in [0, 0.1) is 0 Å². The van der Waals surface area contributed by atoms with Crippen LogP contribution in [-0.4, -0.2) is 42.1 Å². The van der Waals surface area contributed by atoms with Gasteiger partial charge in [-0.25, -0.2) is 0 Å². The van der Waals surface area contributed by atoms with E-state index in [1.54, 1.807) is 0 Å². The molecule has 0 saturated heterocycles. The van der Waals surface area contributed by atoms with Gasteiger partial charge in [-0.05, 0) is 0 Å². The minimum absolute atomic E-state index is 0. The Morgan fingerprint density at radius 1 is 0.857 bits per heavy atom. The zero-order chi connectivity index (χ0) is 4.50. The van der Waals surface area contributed by atoms with Crippen LogP contribution in [-0.2, 0) is 44.3 Å². The van der Waals surface area contributed by atoms with Gasteiger partial charge in [0.05, 0.1) is 0 Å². The molecule has 0 heterocycles. The molecule has 0 aromatic rings. The predicted molar refractivity (Wildman–Crippen MR) is 17.4 cm³/mol. The molecule has 0 fully saturated rings. The van der Waals surface area contributed by atoms with Gasteiger partial charge in [0, 0.05) is 26.2 Å². The first-order valence-corrected chi connectivity index (χ1v) is 3.69. The van der Waals surface area contributed by atoms with Crippen molar-refractivity contribution < 1.29 is 59.1 Å². The molecule has 4 nitrogen and oxygen atoms in total. The van der Waals surface area contributed by atoms with Crippen LogP contribution < -0.4 is 0 Å². The van der Waals surface area contributed by atoms with Crippen molar-refractivity contribution in [3.63, 3.8) is 0 Å². The van der Waals surface area contributed by atoms with Crippen LogP contribution in [0.25, 0.3) is 0 Å². The molecule has 0 saturated carbocycles. The molecular weight excluding hydrogens is 410 g/mol. The van der Waals surface area contributed by atoms with E-state index in [1.165, 1.54) is 0 Å². The van der Waals surface area contributed by atoms with Crippen LogP contribution in [0.1, 0.15) is 0 Å². The summed E-state index contributed by atoms with van der Waals surface area (Å²) in [4.78, 5) is 0. The molecule has 0 aromatic heterocycles. The molecule has 0 aliphatic carbocycles. The van der Waals surface area contributed by atoms with Crippen molar-refractivity contribution in [3.05, 3.63) is 0 Å². The number of rotatable bonds is 0. The second-order valence-corrected chi connectivity index (χ2v) is 2.47. The van der Waals surface area contributed by atoms with Crippen molar-refractivity contribution in [2.45, 2.75) is 0 Å². The van der Waals surface area contributed by atoms with Crippen molar-refractivity contribution in [1.82, 2.24) is 0 Å². The van der Waals surface area contributed by atoms with Crippen LogP contribution in [0.2, 0.25) is 0 Å². The number of hydrogen-bond acceptors (Lipinski definition) is 4. The van der Waals surface area contributed by atoms with Crippen LogP contribution in [0.4, 0.5) is 0 Å². The zero-order valence-corrected chi connectivity index (χ0v) is 13.0. The number of hydrogen-bond donors (Lipinski definition) is 4. The molecule has 0 bridgehead atoms. The van der Waals surface area contributed by atoms with Crippen LogP contribution >= 0.6 is 0 Å². The molecule has 0 spiro atoms. The van der Waals surface area contributed by atoms with Crippen LogP contribution in [0.5, 0.6) is 0 Å². The summed E-state index contributed by atoms with van der Waals surface area (Å²) >= 11 is -5.00. The summed E-state index contributed by atoms with van der Waals surface area (Å²) in [5.74, 6) is 0. The first-order chi connectivity index (χ1) is 2.00. The summed E-state index contributed by atoms with van der Waals surface area (Å²) in [6.07, 6.45) is 0. The van der Waals surface area contributed by atoms with Crippen molar-refractivity contribution >= 4 is 27.3 Å². The van der Waals surface area contributed by atoms with Crippen molar-refractivity contribution in [1.29, 1.82) is 0 Å². The smallest absolute Gasteiger partial charge is 0 e. The van der Waals surface area contributed by atoms with Gasteiger partial charge in [0.2, 0.25) is 0 Å². The van der Waals surface area contributed by atoms with Gasteiger partial charge in [0.25, 0.3) is 0 Å². The molecule has 0 aliphatic rings.